The van der Waals surface area contributed by atoms with Crippen LogP contribution < -0.4 is 21.3 Å². The van der Waals surface area contributed by atoms with E-state index in [0.717, 1.165) is 44.1 Å². The van der Waals surface area contributed by atoms with Gasteiger partial charge in [-0.2, -0.15) is 0 Å². The highest BCUT2D eigenvalue weighted by molar-refractivity contribution is 5.99. The number of alkyl carbamates (subject to hydrolysis) is 2. The number of piperidine rings is 2. The number of para-hydroxylation sites is 2. The number of carbonyl (C=O) groups is 8. The van der Waals surface area contributed by atoms with Gasteiger partial charge in [-0.15, -0.1) is 0 Å². The van der Waals surface area contributed by atoms with E-state index < -0.39 is 70.4 Å². The molecule has 6 aromatic rings. The van der Waals surface area contributed by atoms with Crippen molar-refractivity contribution in [2.45, 2.75) is 166 Å². The van der Waals surface area contributed by atoms with Crippen LogP contribution in [0.15, 0.2) is 122 Å². The first-order valence-electron chi connectivity index (χ1n) is 28.9. The molecule has 0 unspecified atom stereocenters. The monoisotopic (exact) mass is 1150 g/mol. The third-order valence-corrected chi connectivity index (χ3v) is 15.9. The second kappa shape index (κ2) is 24.6. The summed E-state index contributed by atoms with van der Waals surface area (Å²) in [4.78, 5) is 120. The molecule has 4 aromatic carbocycles. The number of urea groups is 2. The molecule has 4 fully saturated rings. The summed E-state index contributed by atoms with van der Waals surface area (Å²) in [5.41, 5.74) is 1.08. The van der Waals surface area contributed by atoms with Crippen LogP contribution in [0.25, 0.3) is 21.8 Å². The predicted molar refractivity (Wildman–Crippen MR) is 317 cm³/mol. The van der Waals surface area contributed by atoms with Gasteiger partial charge in [-0.1, -0.05) is 97.1 Å². The Balaban J connectivity index is 0.000000202. The number of hydrogen-bond donors (Lipinski definition) is 6. The Bertz CT molecular complexity index is 3180. The maximum atomic E-state index is 14.0. The van der Waals surface area contributed by atoms with Crippen LogP contribution in [0, 0.1) is 0 Å². The molecule has 0 radical (unpaired) electrons. The Kier molecular flexibility index (Phi) is 17.6. The molecule has 6 heterocycles. The number of benzene rings is 4. The number of nitrogens with zero attached hydrogens (tertiary/aromatic N) is 4. The summed E-state index contributed by atoms with van der Waals surface area (Å²) >= 11 is 0. The molecule has 20 nitrogen and oxygen atoms in total. The number of fused-ring (bicyclic) bond motifs is 4. The van der Waals surface area contributed by atoms with Gasteiger partial charge in [0.05, 0.1) is 25.2 Å². The Hall–Kier alpha value is -8.68. The third kappa shape index (κ3) is 14.0. The summed E-state index contributed by atoms with van der Waals surface area (Å²) in [5, 5.41) is 13.8. The number of ether oxygens (including phenoxy) is 2. The number of nitrogens with one attached hydrogen (secondary N) is 6. The molecule has 10 amide bonds. The van der Waals surface area contributed by atoms with Gasteiger partial charge in [0.1, 0.15) is 22.3 Å². The molecule has 444 valence electrons. The van der Waals surface area contributed by atoms with Gasteiger partial charge >= 0.3 is 24.2 Å². The Morgan fingerprint density at radius 2 is 0.869 bits per heavy atom. The Morgan fingerprint density at radius 3 is 1.24 bits per heavy atom. The highest BCUT2D eigenvalue weighted by Gasteiger charge is 2.49. The van der Waals surface area contributed by atoms with E-state index in [1.807, 2.05) is 122 Å². The van der Waals surface area contributed by atoms with E-state index in [1.54, 1.807) is 65.2 Å². The minimum Gasteiger partial charge on any atom is -0.444 e. The van der Waals surface area contributed by atoms with Crippen LogP contribution in [-0.2, 0) is 54.6 Å². The zero-order chi connectivity index (χ0) is 60.1. The maximum absolute atomic E-state index is 14.0. The number of imide groups is 2. The number of carbonyl (C=O) groups excluding carboxylic acids is 8. The smallest absolute Gasteiger partial charge is 0.408 e. The summed E-state index contributed by atoms with van der Waals surface area (Å²) in [5.74, 6) is -1.34. The second-order valence-electron chi connectivity index (χ2n) is 24.9. The summed E-state index contributed by atoms with van der Waals surface area (Å²) in [6.45, 7) is 15.4. The Morgan fingerprint density at radius 1 is 0.512 bits per heavy atom. The van der Waals surface area contributed by atoms with Crippen molar-refractivity contribution < 1.29 is 47.8 Å². The number of hydrogen-bond acceptors (Lipinski definition) is 10. The van der Waals surface area contributed by atoms with Crippen molar-refractivity contribution >= 4 is 69.7 Å². The highest BCUT2D eigenvalue weighted by atomic mass is 16.6. The first kappa shape index (κ1) is 59.9. The van der Waals surface area contributed by atoms with E-state index in [1.165, 1.54) is 9.80 Å². The molecule has 20 heteroatoms. The fourth-order valence-corrected chi connectivity index (χ4v) is 11.8. The molecular formula is C64H78N10O10. The van der Waals surface area contributed by atoms with E-state index in [0.29, 0.717) is 38.8 Å². The molecule has 4 saturated heterocycles. The molecule has 0 aliphatic carbocycles. The van der Waals surface area contributed by atoms with Crippen molar-refractivity contribution in [3.8, 4) is 0 Å². The normalized spacial score (nSPS) is 20.6. The standard InChI is InChI=1S/2C32H39N5O5/c2*1-31(2,3)42-29(40)35-32(4,18-22-19-33-24-14-9-8-13-23(22)24)28(39)34-25-15-10-16-36-26(25)17-27(38)37(30(36)41)20-21-11-6-5-7-12-21/h2*5-9,11-14,19,25-26,33H,10,15-18,20H2,1-4H3,(H,34,39)(H,35,40)/t25-,26+,32+;25-,26+,32-/m10/s1. The molecular weight excluding hydrogens is 1070 g/mol. The molecule has 4 aliphatic heterocycles. The van der Waals surface area contributed by atoms with E-state index in [-0.39, 0.29) is 62.6 Å². The quantitative estimate of drug-likeness (QED) is 0.0604. The van der Waals surface area contributed by atoms with Gasteiger partial charge in [0, 0.05) is 85.1 Å². The highest BCUT2D eigenvalue weighted by Crippen LogP contribution is 2.32. The van der Waals surface area contributed by atoms with Crippen LogP contribution in [-0.4, -0.2) is 137 Å². The van der Waals surface area contributed by atoms with E-state index in [2.05, 4.69) is 31.2 Å². The lowest BCUT2D eigenvalue weighted by atomic mass is 9.88. The van der Waals surface area contributed by atoms with Gasteiger partial charge in [-0.25, -0.2) is 19.2 Å². The molecule has 2 aromatic heterocycles. The molecule has 6 atom stereocenters. The number of H-pyrrole nitrogens is 2. The summed E-state index contributed by atoms with van der Waals surface area (Å²) < 4.78 is 11.0. The van der Waals surface area contributed by atoms with Crippen LogP contribution in [0.1, 0.15) is 116 Å². The number of aromatic nitrogens is 2. The number of rotatable bonds is 14. The van der Waals surface area contributed by atoms with Gasteiger partial charge in [0.25, 0.3) is 0 Å². The number of aromatic amines is 2. The predicted octanol–water partition coefficient (Wildman–Crippen LogP) is 8.99. The maximum Gasteiger partial charge on any atom is 0.408 e. The zero-order valence-electron chi connectivity index (χ0n) is 49.2. The topological polar surface area (TPSA) is 248 Å². The first-order chi connectivity index (χ1) is 39.9. The van der Waals surface area contributed by atoms with Crippen LogP contribution in [0.2, 0.25) is 0 Å². The van der Waals surface area contributed by atoms with Crippen molar-refractivity contribution in [2.24, 2.45) is 0 Å². The molecule has 84 heavy (non-hydrogen) atoms. The fraction of sp³-hybridized carbons (Fsp3) is 0.438. The first-order valence-corrected chi connectivity index (χ1v) is 28.9. The van der Waals surface area contributed by atoms with Crippen LogP contribution in [0.3, 0.4) is 0 Å². The lowest BCUT2D eigenvalue weighted by Gasteiger charge is -2.47. The molecule has 4 aliphatic rings. The SMILES string of the molecule is CC(C)(C)OC(=O)N[C@@](C)(Cc1c[nH]c2ccccc12)C(=O)N[C@@H]1CCCN2C(=O)N(Cc3ccccc3)C(=O)C[C@@H]12.CC(C)(C)OC(=O)N[C@@](C)(Cc1c[nH]c2ccccc12)C(=O)N[C@H]1CCCN2C(=O)N(Cc3ccccc3)C(=O)C[C@H]12. The largest absolute Gasteiger partial charge is 0.444 e. The summed E-state index contributed by atoms with van der Waals surface area (Å²) in [6, 6.07) is 31.9. The molecule has 6 N–H and O–H groups in total. The van der Waals surface area contributed by atoms with Gasteiger partial charge in [0.15, 0.2) is 0 Å². The van der Waals surface area contributed by atoms with Crippen molar-refractivity contribution in [2.75, 3.05) is 13.1 Å². The summed E-state index contributed by atoms with van der Waals surface area (Å²) in [7, 11) is 0. The molecule has 0 bridgehead atoms. The van der Waals surface area contributed by atoms with Crippen LogP contribution in [0.5, 0.6) is 0 Å². The van der Waals surface area contributed by atoms with Crippen LogP contribution >= 0.6 is 0 Å². The Labute approximate surface area is 489 Å². The molecule has 0 saturated carbocycles. The lowest BCUT2D eigenvalue weighted by molar-refractivity contribution is -0.136. The minimum absolute atomic E-state index is 0.113. The third-order valence-electron chi connectivity index (χ3n) is 15.9. The molecule has 10 rings (SSSR count). The van der Waals surface area contributed by atoms with Gasteiger partial charge in [0.2, 0.25) is 23.6 Å². The minimum atomic E-state index is -1.38. The van der Waals surface area contributed by atoms with E-state index >= 15 is 0 Å². The number of amides is 10. The second-order valence-corrected chi connectivity index (χ2v) is 24.9. The van der Waals surface area contributed by atoms with Gasteiger partial charge in [-0.05, 0) is 115 Å². The van der Waals surface area contributed by atoms with E-state index in [4.69, 9.17) is 9.47 Å². The molecule has 0 spiro atoms. The van der Waals surface area contributed by atoms with Crippen molar-refractivity contribution in [1.29, 1.82) is 0 Å². The van der Waals surface area contributed by atoms with Crippen molar-refractivity contribution in [3.05, 3.63) is 144 Å². The van der Waals surface area contributed by atoms with Gasteiger partial charge < -0.3 is 50.5 Å². The van der Waals surface area contributed by atoms with Gasteiger partial charge in [-0.3, -0.25) is 29.0 Å². The van der Waals surface area contributed by atoms with Crippen molar-refractivity contribution in [1.82, 2.24) is 50.8 Å². The van der Waals surface area contributed by atoms with Crippen molar-refractivity contribution in [3.63, 3.8) is 0 Å². The zero-order valence-corrected chi connectivity index (χ0v) is 49.2. The lowest BCUT2D eigenvalue weighted by Crippen LogP contribution is -2.67. The average Bonchev–Trinajstić information content (AvgIpc) is 3.94. The average molecular weight is 1150 g/mol. The summed E-state index contributed by atoms with van der Waals surface area (Å²) in [6.07, 6.45) is 5.49. The fourth-order valence-electron chi connectivity index (χ4n) is 11.8. The van der Waals surface area contributed by atoms with E-state index in [9.17, 15) is 38.4 Å². The van der Waals surface area contributed by atoms with Crippen LogP contribution in [0.4, 0.5) is 19.2 Å².